The van der Waals surface area contributed by atoms with Gasteiger partial charge in [0.2, 0.25) is 0 Å². The summed E-state index contributed by atoms with van der Waals surface area (Å²) in [4.78, 5) is 0. The highest BCUT2D eigenvalue weighted by molar-refractivity contribution is 4.92. The van der Waals surface area contributed by atoms with Gasteiger partial charge in [-0.2, -0.15) is 0 Å². The van der Waals surface area contributed by atoms with Crippen LogP contribution in [-0.2, 0) is 4.74 Å². The first kappa shape index (κ1) is 11.0. The molecule has 0 bridgehead atoms. The van der Waals surface area contributed by atoms with Crippen molar-refractivity contribution in [3.63, 3.8) is 0 Å². The molecule has 0 amide bonds. The van der Waals surface area contributed by atoms with Gasteiger partial charge in [0.25, 0.3) is 0 Å². The third kappa shape index (κ3) is 2.60. The summed E-state index contributed by atoms with van der Waals surface area (Å²) < 4.78 is 5.58. The molecule has 2 aliphatic carbocycles. The molecule has 16 heavy (non-hydrogen) atoms. The van der Waals surface area contributed by atoms with Gasteiger partial charge in [0.05, 0.1) is 18.3 Å². The second-order valence-electron chi connectivity index (χ2n) is 6.16. The van der Waals surface area contributed by atoms with Crippen molar-refractivity contribution in [3.8, 4) is 0 Å². The van der Waals surface area contributed by atoms with E-state index < -0.39 is 0 Å². The molecule has 1 N–H and O–H groups in total. The molecular formula is C14H24O2. The summed E-state index contributed by atoms with van der Waals surface area (Å²) in [5.41, 5.74) is 0. The minimum absolute atomic E-state index is 0.00116. The minimum atomic E-state index is 0.00116. The van der Waals surface area contributed by atoms with Crippen LogP contribution in [0.25, 0.3) is 0 Å². The second kappa shape index (κ2) is 4.66. The summed E-state index contributed by atoms with van der Waals surface area (Å²) in [5, 5.41) is 9.65. The molecule has 5 atom stereocenters. The van der Waals surface area contributed by atoms with Gasteiger partial charge in [-0.05, 0) is 43.9 Å². The van der Waals surface area contributed by atoms with Crippen LogP contribution in [-0.4, -0.2) is 23.4 Å². The minimum Gasteiger partial charge on any atom is -0.393 e. The van der Waals surface area contributed by atoms with Crippen LogP contribution in [0.1, 0.15) is 57.8 Å². The van der Waals surface area contributed by atoms with Gasteiger partial charge >= 0.3 is 0 Å². The predicted molar refractivity (Wildman–Crippen MR) is 63.2 cm³/mol. The topological polar surface area (TPSA) is 32.8 Å². The summed E-state index contributed by atoms with van der Waals surface area (Å²) >= 11 is 0. The molecule has 0 spiro atoms. The lowest BCUT2D eigenvalue weighted by molar-refractivity contribution is 0.0951. The van der Waals surface area contributed by atoms with Gasteiger partial charge in [-0.1, -0.05) is 25.7 Å². The maximum Gasteiger partial charge on any atom is 0.0844 e. The van der Waals surface area contributed by atoms with E-state index >= 15 is 0 Å². The maximum absolute atomic E-state index is 9.65. The first-order chi connectivity index (χ1) is 7.81. The normalized spacial score (nSPS) is 47.4. The molecule has 92 valence electrons. The summed E-state index contributed by atoms with van der Waals surface area (Å²) in [5.74, 6) is 1.73. The van der Waals surface area contributed by atoms with Crippen LogP contribution in [0.2, 0.25) is 0 Å². The lowest BCUT2D eigenvalue weighted by atomic mass is 9.79. The van der Waals surface area contributed by atoms with Crippen LogP contribution < -0.4 is 0 Å². The molecule has 0 radical (unpaired) electrons. The van der Waals surface area contributed by atoms with E-state index in [1.165, 1.54) is 44.9 Å². The number of fused-ring (bicyclic) bond motifs is 1. The Hall–Kier alpha value is -0.0800. The molecule has 3 rings (SSSR count). The van der Waals surface area contributed by atoms with Gasteiger partial charge in [0.15, 0.2) is 0 Å². The molecule has 1 saturated heterocycles. The van der Waals surface area contributed by atoms with Gasteiger partial charge in [-0.25, -0.2) is 0 Å². The first-order valence-corrected chi connectivity index (χ1v) is 7.15. The smallest absolute Gasteiger partial charge is 0.0844 e. The molecule has 2 nitrogen and oxygen atoms in total. The van der Waals surface area contributed by atoms with Crippen LogP contribution in [0.5, 0.6) is 0 Å². The highest BCUT2D eigenvalue weighted by atomic mass is 16.6. The zero-order valence-electron chi connectivity index (χ0n) is 10.1. The van der Waals surface area contributed by atoms with Gasteiger partial charge in [-0.3, -0.25) is 0 Å². The lowest BCUT2D eigenvalue weighted by Gasteiger charge is -2.27. The third-order valence-corrected chi connectivity index (χ3v) is 4.85. The van der Waals surface area contributed by atoms with Crippen molar-refractivity contribution >= 4 is 0 Å². The van der Waals surface area contributed by atoms with E-state index in [9.17, 15) is 5.11 Å². The molecule has 1 heterocycles. The fourth-order valence-corrected chi connectivity index (χ4v) is 3.75. The van der Waals surface area contributed by atoms with E-state index in [1.54, 1.807) is 0 Å². The SMILES string of the molecule is OC1CCCC(CCC2CCC3OC3C2)C1. The van der Waals surface area contributed by atoms with Crippen molar-refractivity contribution in [2.75, 3.05) is 0 Å². The van der Waals surface area contributed by atoms with Crippen molar-refractivity contribution in [3.05, 3.63) is 0 Å². The first-order valence-electron chi connectivity index (χ1n) is 7.15. The van der Waals surface area contributed by atoms with Gasteiger partial charge in [0.1, 0.15) is 0 Å². The number of hydrogen-bond donors (Lipinski definition) is 1. The Morgan fingerprint density at radius 1 is 0.875 bits per heavy atom. The Kier molecular flexibility index (Phi) is 3.21. The molecule has 0 aromatic rings. The molecule has 5 unspecified atom stereocenters. The molecular weight excluding hydrogens is 200 g/mol. The van der Waals surface area contributed by atoms with Crippen LogP contribution in [0, 0.1) is 11.8 Å². The van der Waals surface area contributed by atoms with E-state index in [0.29, 0.717) is 12.2 Å². The Balaban J connectivity index is 1.38. The fraction of sp³-hybridized carbons (Fsp3) is 1.00. The molecule has 1 aliphatic heterocycles. The molecule has 3 fully saturated rings. The summed E-state index contributed by atoms with van der Waals surface area (Å²) in [6.45, 7) is 0. The molecule has 2 heteroatoms. The van der Waals surface area contributed by atoms with Crippen LogP contribution in [0.15, 0.2) is 0 Å². The number of aliphatic hydroxyl groups is 1. The van der Waals surface area contributed by atoms with Crippen LogP contribution in [0.4, 0.5) is 0 Å². The average molecular weight is 224 g/mol. The van der Waals surface area contributed by atoms with Gasteiger partial charge in [0, 0.05) is 0 Å². The van der Waals surface area contributed by atoms with Crippen molar-refractivity contribution in [1.29, 1.82) is 0 Å². The van der Waals surface area contributed by atoms with Crippen molar-refractivity contribution in [2.24, 2.45) is 11.8 Å². The Morgan fingerprint density at radius 2 is 1.69 bits per heavy atom. The monoisotopic (exact) mass is 224 g/mol. The number of aliphatic hydroxyl groups excluding tert-OH is 1. The zero-order valence-corrected chi connectivity index (χ0v) is 10.1. The van der Waals surface area contributed by atoms with Crippen LogP contribution in [0.3, 0.4) is 0 Å². The summed E-state index contributed by atoms with van der Waals surface area (Å²) in [6.07, 6.45) is 12.7. The predicted octanol–water partition coefficient (Wildman–Crippen LogP) is 2.89. The lowest BCUT2D eigenvalue weighted by Crippen LogP contribution is -2.21. The summed E-state index contributed by atoms with van der Waals surface area (Å²) in [7, 11) is 0. The summed E-state index contributed by atoms with van der Waals surface area (Å²) in [6, 6.07) is 0. The fourth-order valence-electron chi connectivity index (χ4n) is 3.75. The van der Waals surface area contributed by atoms with E-state index in [4.69, 9.17) is 4.74 Å². The van der Waals surface area contributed by atoms with E-state index in [2.05, 4.69) is 0 Å². The number of ether oxygens (including phenoxy) is 1. The van der Waals surface area contributed by atoms with E-state index in [1.807, 2.05) is 0 Å². The standard InChI is InChI=1S/C14H24O2/c15-12-3-1-2-10(8-12)4-5-11-6-7-13-14(9-11)16-13/h10-15H,1-9H2. The second-order valence-corrected chi connectivity index (χ2v) is 6.16. The maximum atomic E-state index is 9.65. The number of hydrogen-bond acceptors (Lipinski definition) is 2. The number of epoxide rings is 1. The molecule has 2 saturated carbocycles. The Labute approximate surface area is 98.4 Å². The molecule has 0 aromatic heterocycles. The highest BCUT2D eigenvalue weighted by Gasteiger charge is 2.43. The largest absolute Gasteiger partial charge is 0.393 e. The van der Waals surface area contributed by atoms with Crippen molar-refractivity contribution in [2.45, 2.75) is 76.1 Å². The van der Waals surface area contributed by atoms with Gasteiger partial charge in [-0.15, -0.1) is 0 Å². The van der Waals surface area contributed by atoms with Crippen molar-refractivity contribution < 1.29 is 9.84 Å². The average Bonchev–Trinajstić information content (AvgIpc) is 3.04. The van der Waals surface area contributed by atoms with E-state index in [0.717, 1.165) is 24.7 Å². The molecule has 0 aromatic carbocycles. The molecule has 3 aliphatic rings. The Bertz CT molecular complexity index is 235. The van der Waals surface area contributed by atoms with Crippen molar-refractivity contribution in [1.82, 2.24) is 0 Å². The number of rotatable bonds is 3. The van der Waals surface area contributed by atoms with E-state index in [-0.39, 0.29) is 6.10 Å². The highest BCUT2D eigenvalue weighted by Crippen LogP contribution is 2.42. The third-order valence-electron chi connectivity index (χ3n) is 4.85. The quantitative estimate of drug-likeness (QED) is 0.748. The zero-order chi connectivity index (χ0) is 11.0. The van der Waals surface area contributed by atoms with Crippen LogP contribution >= 0.6 is 0 Å². The van der Waals surface area contributed by atoms with Gasteiger partial charge < -0.3 is 9.84 Å². The Morgan fingerprint density at radius 3 is 2.44 bits per heavy atom.